The van der Waals surface area contributed by atoms with Gasteiger partial charge in [-0.25, -0.2) is 9.50 Å². The lowest BCUT2D eigenvalue weighted by Crippen LogP contribution is -2.35. The molecule has 0 saturated carbocycles. The standard InChI is InChI=1S/C17H25N5O2/c1-12-8-15-18-9-13(10-20(2)3)17(22(15)19-12)14-6-5-7-21(14)16(23)11-24-4/h8-9,14H,5-7,10-11H2,1-4H3. The summed E-state index contributed by atoms with van der Waals surface area (Å²) < 4.78 is 6.97. The molecule has 1 amide bonds. The minimum Gasteiger partial charge on any atom is -0.375 e. The van der Waals surface area contributed by atoms with Crippen LogP contribution in [0.2, 0.25) is 0 Å². The van der Waals surface area contributed by atoms with E-state index in [1.165, 1.54) is 0 Å². The van der Waals surface area contributed by atoms with Gasteiger partial charge in [0.05, 0.1) is 17.4 Å². The van der Waals surface area contributed by atoms with Crippen LogP contribution in [0.25, 0.3) is 5.65 Å². The third kappa shape index (κ3) is 3.14. The lowest BCUT2D eigenvalue weighted by atomic mass is 10.1. The number of aromatic nitrogens is 3. The van der Waals surface area contributed by atoms with Crippen molar-refractivity contribution in [2.24, 2.45) is 0 Å². The van der Waals surface area contributed by atoms with Gasteiger partial charge in [0.15, 0.2) is 5.65 Å². The summed E-state index contributed by atoms with van der Waals surface area (Å²) >= 11 is 0. The van der Waals surface area contributed by atoms with Crippen LogP contribution in [0.3, 0.4) is 0 Å². The maximum absolute atomic E-state index is 12.4. The van der Waals surface area contributed by atoms with Crippen molar-refractivity contribution in [3.05, 3.63) is 29.2 Å². The number of hydrogen-bond donors (Lipinski definition) is 0. The molecule has 2 aromatic rings. The molecule has 3 heterocycles. The van der Waals surface area contributed by atoms with Gasteiger partial charge in [-0.05, 0) is 33.9 Å². The van der Waals surface area contributed by atoms with E-state index in [-0.39, 0.29) is 18.6 Å². The molecule has 0 aromatic carbocycles. The minimum atomic E-state index is 0.0207. The van der Waals surface area contributed by atoms with Gasteiger partial charge in [0.1, 0.15) is 6.61 Å². The van der Waals surface area contributed by atoms with E-state index in [4.69, 9.17) is 4.74 Å². The van der Waals surface area contributed by atoms with Gasteiger partial charge in [-0.1, -0.05) is 0 Å². The van der Waals surface area contributed by atoms with Crippen molar-refractivity contribution in [2.75, 3.05) is 34.4 Å². The molecular weight excluding hydrogens is 306 g/mol. The third-order valence-corrected chi connectivity index (χ3v) is 4.37. The Hall–Kier alpha value is -1.99. The largest absolute Gasteiger partial charge is 0.375 e. The van der Waals surface area contributed by atoms with Gasteiger partial charge in [-0.15, -0.1) is 0 Å². The molecule has 0 aliphatic carbocycles. The molecule has 1 saturated heterocycles. The lowest BCUT2D eigenvalue weighted by molar-refractivity contribution is -0.136. The Kier molecular flexibility index (Phi) is 4.82. The SMILES string of the molecule is COCC(=O)N1CCCC1c1c(CN(C)C)cnc2cc(C)nn12. The number of nitrogens with zero attached hydrogens (tertiary/aromatic N) is 5. The second kappa shape index (κ2) is 6.86. The van der Waals surface area contributed by atoms with Gasteiger partial charge in [0, 0.05) is 38.0 Å². The Morgan fingerprint density at radius 3 is 2.96 bits per heavy atom. The highest BCUT2D eigenvalue weighted by molar-refractivity contribution is 5.78. The number of hydrogen-bond acceptors (Lipinski definition) is 5. The monoisotopic (exact) mass is 331 g/mol. The Labute approximate surface area is 142 Å². The first-order valence-corrected chi connectivity index (χ1v) is 8.28. The molecule has 0 N–H and O–H groups in total. The molecule has 24 heavy (non-hydrogen) atoms. The molecule has 3 rings (SSSR count). The van der Waals surface area contributed by atoms with Crippen LogP contribution in [0.15, 0.2) is 12.3 Å². The molecule has 1 aliphatic heterocycles. The lowest BCUT2D eigenvalue weighted by Gasteiger charge is -2.27. The number of ether oxygens (including phenoxy) is 1. The maximum atomic E-state index is 12.4. The zero-order valence-corrected chi connectivity index (χ0v) is 14.8. The van der Waals surface area contributed by atoms with Crippen LogP contribution >= 0.6 is 0 Å². The van der Waals surface area contributed by atoms with Crippen molar-refractivity contribution in [1.29, 1.82) is 0 Å². The summed E-state index contributed by atoms with van der Waals surface area (Å²) in [5.74, 6) is 0.0321. The normalized spacial score (nSPS) is 18.0. The van der Waals surface area contributed by atoms with Gasteiger partial charge in [-0.2, -0.15) is 5.10 Å². The minimum absolute atomic E-state index is 0.0207. The van der Waals surface area contributed by atoms with Crippen molar-refractivity contribution in [3.63, 3.8) is 0 Å². The Morgan fingerprint density at radius 1 is 1.46 bits per heavy atom. The average molecular weight is 331 g/mol. The summed E-state index contributed by atoms with van der Waals surface area (Å²) in [5.41, 5.74) is 3.94. The quantitative estimate of drug-likeness (QED) is 0.829. The Morgan fingerprint density at radius 2 is 2.25 bits per heavy atom. The average Bonchev–Trinajstić information content (AvgIpc) is 3.12. The molecule has 7 heteroatoms. The van der Waals surface area contributed by atoms with Gasteiger partial charge >= 0.3 is 0 Å². The Bertz CT molecular complexity index is 740. The number of rotatable bonds is 5. The molecule has 0 bridgehead atoms. The highest BCUT2D eigenvalue weighted by atomic mass is 16.5. The zero-order chi connectivity index (χ0) is 17.3. The fourth-order valence-electron chi connectivity index (χ4n) is 3.47. The van der Waals surface area contributed by atoms with Crippen molar-refractivity contribution in [2.45, 2.75) is 32.4 Å². The molecular formula is C17H25N5O2. The molecule has 0 spiro atoms. The molecule has 1 atom stereocenters. The van der Waals surface area contributed by atoms with Crippen LogP contribution in [0.4, 0.5) is 0 Å². The maximum Gasteiger partial charge on any atom is 0.249 e. The number of likely N-dealkylation sites (tertiary alicyclic amines) is 1. The van der Waals surface area contributed by atoms with Crippen LogP contribution in [0, 0.1) is 6.92 Å². The summed E-state index contributed by atoms with van der Waals surface area (Å²) in [6, 6.07) is 1.99. The van der Waals surface area contributed by atoms with Crippen LogP contribution in [0.5, 0.6) is 0 Å². The van der Waals surface area contributed by atoms with E-state index < -0.39 is 0 Å². The number of carbonyl (C=O) groups excluding carboxylic acids is 1. The predicted molar refractivity (Wildman–Crippen MR) is 90.7 cm³/mol. The summed E-state index contributed by atoms with van der Waals surface area (Å²) in [6.45, 7) is 3.61. The summed E-state index contributed by atoms with van der Waals surface area (Å²) in [6.07, 6.45) is 3.85. The van der Waals surface area contributed by atoms with Crippen molar-refractivity contribution in [1.82, 2.24) is 24.4 Å². The molecule has 7 nitrogen and oxygen atoms in total. The van der Waals surface area contributed by atoms with E-state index in [1.54, 1.807) is 7.11 Å². The molecule has 130 valence electrons. The molecule has 1 aliphatic rings. The van der Waals surface area contributed by atoms with Crippen LogP contribution in [-0.4, -0.2) is 64.7 Å². The van der Waals surface area contributed by atoms with E-state index in [1.807, 2.05) is 42.7 Å². The number of aryl methyl sites for hydroxylation is 1. The predicted octanol–water partition coefficient (Wildman–Crippen LogP) is 1.41. The topological polar surface area (TPSA) is 63.0 Å². The van der Waals surface area contributed by atoms with Gasteiger partial charge < -0.3 is 14.5 Å². The Balaban J connectivity index is 2.09. The van der Waals surface area contributed by atoms with E-state index in [0.717, 1.165) is 48.5 Å². The molecule has 1 fully saturated rings. The van der Waals surface area contributed by atoms with E-state index in [0.29, 0.717) is 0 Å². The van der Waals surface area contributed by atoms with Crippen molar-refractivity contribution >= 4 is 11.6 Å². The first-order valence-electron chi connectivity index (χ1n) is 8.28. The molecule has 0 radical (unpaired) electrons. The highest BCUT2D eigenvalue weighted by Gasteiger charge is 2.33. The number of fused-ring (bicyclic) bond motifs is 1. The van der Waals surface area contributed by atoms with E-state index in [9.17, 15) is 4.79 Å². The zero-order valence-electron chi connectivity index (χ0n) is 14.8. The molecule has 2 aromatic heterocycles. The fourth-order valence-corrected chi connectivity index (χ4v) is 3.47. The molecule has 1 unspecified atom stereocenters. The summed E-state index contributed by atoms with van der Waals surface area (Å²) in [4.78, 5) is 21.0. The van der Waals surface area contributed by atoms with Gasteiger partial charge in [0.2, 0.25) is 5.91 Å². The second-order valence-corrected chi connectivity index (χ2v) is 6.64. The van der Waals surface area contributed by atoms with Crippen molar-refractivity contribution in [3.8, 4) is 0 Å². The van der Waals surface area contributed by atoms with E-state index >= 15 is 0 Å². The summed E-state index contributed by atoms with van der Waals surface area (Å²) in [7, 11) is 5.62. The number of carbonyl (C=O) groups is 1. The van der Waals surface area contributed by atoms with E-state index in [2.05, 4.69) is 15.0 Å². The number of methoxy groups -OCH3 is 1. The van der Waals surface area contributed by atoms with Crippen LogP contribution < -0.4 is 0 Å². The second-order valence-electron chi connectivity index (χ2n) is 6.64. The fraction of sp³-hybridized carbons (Fsp3) is 0.588. The summed E-state index contributed by atoms with van der Waals surface area (Å²) in [5, 5.41) is 4.63. The highest BCUT2D eigenvalue weighted by Crippen LogP contribution is 2.34. The smallest absolute Gasteiger partial charge is 0.249 e. The first kappa shape index (κ1) is 16.9. The third-order valence-electron chi connectivity index (χ3n) is 4.37. The van der Waals surface area contributed by atoms with Crippen LogP contribution in [-0.2, 0) is 16.1 Å². The first-order chi connectivity index (χ1) is 11.5. The number of amides is 1. The van der Waals surface area contributed by atoms with Gasteiger partial charge in [0.25, 0.3) is 0 Å². The van der Waals surface area contributed by atoms with Crippen molar-refractivity contribution < 1.29 is 9.53 Å². The van der Waals surface area contributed by atoms with Crippen LogP contribution in [0.1, 0.15) is 35.8 Å². The van der Waals surface area contributed by atoms with Gasteiger partial charge in [-0.3, -0.25) is 4.79 Å².